The first-order chi connectivity index (χ1) is 15.3. The second-order valence-electron chi connectivity index (χ2n) is 7.36. The predicted molar refractivity (Wildman–Crippen MR) is 122 cm³/mol. The lowest BCUT2D eigenvalue weighted by atomic mass is 9.92. The summed E-state index contributed by atoms with van der Waals surface area (Å²) < 4.78 is 5.15. The molecule has 0 aromatic heterocycles. The Labute approximate surface area is 189 Å². The zero-order valence-electron chi connectivity index (χ0n) is 17.4. The molecule has 3 aromatic rings. The molecule has 0 bridgehead atoms. The molecule has 162 valence electrons. The Bertz CT molecular complexity index is 1270. The number of aliphatic hydroxyl groups is 1. The minimum absolute atomic E-state index is 0.0891. The number of carbonyl (C=O) groups excluding carboxylic acids is 2. The number of Topliss-reactive ketones (excluding diaryl/α,β-unsaturated/α-hetero) is 1. The Kier molecular flexibility index (Phi) is 5.63. The van der Waals surface area contributed by atoms with E-state index in [2.05, 4.69) is 0 Å². The first-order valence-electron chi connectivity index (χ1n) is 9.83. The minimum atomic E-state index is -0.939. The van der Waals surface area contributed by atoms with Crippen LogP contribution >= 0.6 is 11.6 Å². The summed E-state index contributed by atoms with van der Waals surface area (Å²) in [5, 5.41) is 21.8. The molecule has 1 amide bonds. The van der Waals surface area contributed by atoms with Crippen LogP contribution in [0.15, 0.2) is 72.3 Å². The van der Waals surface area contributed by atoms with Crippen LogP contribution in [0.2, 0.25) is 5.02 Å². The van der Waals surface area contributed by atoms with Gasteiger partial charge in [0, 0.05) is 5.56 Å². The van der Waals surface area contributed by atoms with Crippen LogP contribution in [0, 0.1) is 6.92 Å². The van der Waals surface area contributed by atoms with Gasteiger partial charge in [-0.05, 0) is 48.4 Å². The Morgan fingerprint density at radius 2 is 1.72 bits per heavy atom. The first kappa shape index (κ1) is 21.5. The predicted octanol–water partition coefficient (Wildman–Crippen LogP) is 4.99. The molecule has 6 nitrogen and oxygen atoms in total. The molecule has 7 heteroatoms. The summed E-state index contributed by atoms with van der Waals surface area (Å²) in [6.07, 6.45) is 0. The molecule has 1 aliphatic rings. The molecule has 0 saturated carbocycles. The quantitative estimate of drug-likeness (QED) is 0.333. The number of halogens is 1. The second-order valence-corrected chi connectivity index (χ2v) is 7.77. The van der Waals surface area contributed by atoms with Gasteiger partial charge in [0.25, 0.3) is 11.7 Å². The van der Waals surface area contributed by atoms with Gasteiger partial charge in [-0.15, -0.1) is 0 Å². The number of amides is 1. The van der Waals surface area contributed by atoms with Crippen molar-refractivity contribution in [3.05, 3.63) is 94.0 Å². The van der Waals surface area contributed by atoms with Crippen molar-refractivity contribution in [3.63, 3.8) is 0 Å². The number of phenols is 1. The standard InChI is InChI=1S/C25H20ClNO5/c1-14-7-3-4-8-16(14)22-21(23(29)15-11-12-20(32-2)17(26)13-15)24(30)25(31)27(22)18-9-5-6-10-19(18)28/h3-13,22,28-29H,1-2H3/b23-21+. The Morgan fingerprint density at radius 1 is 1.03 bits per heavy atom. The summed E-state index contributed by atoms with van der Waals surface area (Å²) in [6, 6.07) is 17.2. The molecular formula is C25H20ClNO5. The van der Waals surface area contributed by atoms with Crippen LogP contribution in [0.5, 0.6) is 11.5 Å². The number of rotatable bonds is 4. The van der Waals surface area contributed by atoms with Gasteiger partial charge in [0.1, 0.15) is 17.3 Å². The molecule has 0 spiro atoms. The number of hydrogen-bond acceptors (Lipinski definition) is 5. The van der Waals surface area contributed by atoms with Crippen molar-refractivity contribution in [2.75, 3.05) is 12.0 Å². The van der Waals surface area contributed by atoms with Gasteiger partial charge in [0.15, 0.2) is 0 Å². The number of carbonyl (C=O) groups is 2. The third-order valence-electron chi connectivity index (χ3n) is 5.49. The number of ether oxygens (including phenoxy) is 1. The maximum atomic E-state index is 13.2. The summed E-state index contributed by atoms with van der Waals surface area (Å²) in [5.41, 5.74) is 1.82. The highest BCUT2D eigenvalue weighted by atomic mass is 35.5. The maximum Gasteiger partial charge on any atom is 0.300 e. The summed E-state index contributed by atoms with van der Waals surface area (Å²) in [6.45, 7) is 1.85. The second kappa shape index (κ2) is 8.40. The number of methoxy groups -OCH3 is 1. The number of ketones is 1. The molecule has 2 N–H and O–H groups in total. The van der Waals surface area contributed by atoms with Crippen LogP contribution in [-0.2, 0) is 9.59 Å². The normalized spacial score (nSPS) is 17.6. The molecule has 1 fully saturated rings. The number of anilines is 1. The topological polar surface area (TPSA) is 87.1 Å². The van der Waals surface area contributed by atoms with Crippen LogP contribution in [0.25, 0.3) is 5.76 Å². The van der Waals surface area contributed by atoms with Gasteiger partial charge < -0.3 is 14.9 Å². The molecule has 1 aliphatic heterocycles. The number of aliphatic hydroxyl groups excluding tert-OH is 1. The highest BCUT2D eigenvalue weighted by Gasteiger charge is 2.48. The number of benzene rings is 3. The van der Waals surface area contributed by atoms with E-state index in [4.69, 9.17) is 16.3 Å². The van der Waals surface area contributed by atoms with Crippen LogP contribution < -0.4 is 9.64 Å². The van der Waals surface area contributed by atoms with Gasteiger partial charge in [0.05, 0.1) is 29.4 Å². The monoisotopic (exact) mass is 449 g/mol. The smallest absolute Gasteiger partial charge is 0.300 e. The molecule has 1 atom stereocenters. The summed E-state index contributed by atoms with van der Waals surface area (Å²) in [4.78, 5) is 27.5. The zero-order valence-corrected chi connectivity index (χ0v) is 18.1. The number of para-hydroxylation sites is 2. The fourth-order valence-electron chi connectivity index (χ4n) is 3.91. The zero-order chi connectivity index (χ0) is 23.0. The molecule has 32 heavy (non-hydrogen) atoms. The van der Waals surface area contributed by atoms with Crippen LogP contribution in [0.4, 0.5) is 5.69 Å². The molecular weight excluding hydrogens is 430 g/mol. The fraction of sp³-hybridized carbons (Fsp3) is 0.120. The van der Waals surface area contributed by atoms with Crippen molar-refractivity contribution < 1.29 is 24.5 Å². The summed E-state index contributed by atoms with van der Waals surface area (Å²) >= 11 is 6.22. The van der Waals surface area contributed by atoms with E-state index in [1.165, 1.54) is 24.1 Å². The molecule has 1 heterocycles. The number of hydrogen-bond donors (Lipinski definition) is 2. The van der Waals surface area contributed by atoms with Crippen molar-refractivity contribution in [2.45, 2.75) is 13.0 Å². The number of nitrogens with zero attached hydrogens (tertiary/aromatic N) is 1. The third kappa shape index (κ3) is 3.48. The lowest BCUT2D eigenvalue weighted by Crippen LogP contribution is -2.29. The molecule has 4 rings (SSSR count). The lowest BCUT2D eigenvalue weighted by Gasteiger charge is -2.27. The molecule has 3 aromatic carbocycles. The third-order valence-corrected chi connectivity index (χ3v) is 5.79. The highest BCUT2D eigenvalue weighted by Crippen LogP contribution is 2.45. The Hall–Kier alpha value is -3.77. The average molecular weight is 450 g/mol. The van der Waals surface area contributed by atoms with E-state index in [1.807, 2.05) is 19.1 Å². The minimum Gasteiger partial charge on any atom is -0.507 e. The average Bonchev–Trinajstić information content (AvgIpc) is 3.04. The molecule has 0 aliphatic carbocycles. The van der Waals surface area contributed by atoms with Crippen molar-refractivity contribution in [1.29, 1.82) is 0 Å². The van der Waals surface area contributed by atoms with Gasteiger partial charge in [-0.1, -0.05) is 48.0 Å². The van der Waals surface area contributed by atoms with Gasteiger partial charge in [-0.25, -0.2) is 0 Å². The number of aromatic hydroxyl groups is 1. The van der Waals surface area contributed by atoms with E-state index < -0.39 is 17.7 Å². The van der Waals surface area contributed by atoms with Crippen LogP contribution in [0.1, 0.15) is 22.7 Å². The molecule has 0 radical (unpaired) electrons. The van der Waals surface area contributed by atoms with E-state index in [0.29, 0.717) is 11.3 Å². The van der Waals surface area contributed by atoms with Crippen molar-refractivity contribution in [2.24, 2.45) is 0 Å². The van der Waals surface area contributed by atoms with Crippen molar-refractivity contribution in [3.8, 4) is 11.5 Å². The summed E-state index contributed by atoms with van der Waals surface area (Å²) in [7, 11) is 1.47. The van der Waals surface area contributed by atoms with E-state index in [-0.39, 0.29) is 33.4 Å². The lowest BCUT2D eigenvalue weighted by molar-refractivity contribution is -0.132. The van der Waals surface area contributed by atoms with Crippen molar-refractivity contribution in [1.82, 2.24) is 0 Å². The van der Waals surface area contributed by atoms with Gasteiger partial charge >= 0.3 is 0 Å². The molecule has 1 saturated heterocycles. The maximum absolute atomic E-state index is 13.2. The number of aryl methyl sites for hydroxylation is 1. The molecule has 1 unspecified atom stereocenters. The number of phenolic OH excluding ortho intramolecular Hbond substituents is 1. The fourth-order valence-corrected chi connectivity index (χ4v) is 4.16. The van der Waals surface area contributed by atoms with Crippen LogP contribution in [0.3, 0.4) is 0 Å². The van der Waals surface area contributed by atoms with E-state index in [9.17, 15) is 19.8 Å². The van der Waals surface area contributed by atoms with Crippen molar-refractivity contribution >= 4 is 34.7 Å². The Morgan fingerprint density at radius 3 is 2.38 bits per heavy atom. The Balaban J connectivity index is 1.98. The van der Waals surface area contributed by atoms with E-state index in [1.54, 1.807) is 42.5 Å². The highest BCUT2D eigenvalue weighted by molar-refractivity contribution is 6.52. The SMILES string of the molecule is COc1ccc(/C(O)=C2\C(=O)C(=O)N(c3ccccc3O)C2c2ccccc2C)cc1Cl. The summed E-state index contributed by atoms with van der Waals surface area (Å²) in [5.74, 6) is -1.81. The van der Waals surface area contributed by atoms with Gasteiger partial charge in [-0.2, -0.15) is 0 Å². The van der Waals surface area contributed by atoms with Crippen LogP contribution in [-0.4, -0.2) is 29.0 Å². The van der Waals surface area contributed by atoms with Gasteiger partial charge in [0.2, 0.25) is 0 Å². The van der Waals surface area contributed by atoms with Gasteiger partial charge in [-0.3, -0.25) is 14.5 Å². The van der Waals surface area contributed by atoms with E-state index in [0.717, 1.165) is 5.56 Å². The largest absolute Gasteiger partial charge is 0.507 e. The van der Waals surface area contributed by atoms with E-state index >= 15 is 0 Å². The first-order valence-corrected chi connectivity index (χ1v) is 10.2.